The second-order valence-corrected chi connectivity index (χ2v) is 3.10. The maximum absolute atomic E-state index is 8.39. The van der Waals surface area contributed by atoms with E-state index in [0.717, 1.165) is 12.0 Å². The van der Waals surface area contributed by atoms with Crippen LogP contribution >= 0.6 is 11.6 Å². The summed E-state index contributed by atoms with van der Waals surface area (Å²) in [6.07, 6.45) is 2.27. The summed E-state index contributed by atoms with van der Waals surface area (Å²) in [6, 6.07) is 7.36. The Hall–Kier alpha value is -1.20. The summed E-state index contributed by atoms with van der Waals surface area (Å²) < 4.78 is 4.88. The van der Waals surface area contributed by atoms with Crippen molar-refractivity contribution in [2.24, 2.45) is 0 Å². The van der Waals surface area contributed by atoms with Gasteiger partial charge in [0.15, 0.2) is 0 Å². The van der Waals surface area contributed by atoms with E-state index in [1.165, 1.54) is 0 Å². The molecule has 0 heterocycles. The van der Waals surface area contributed by atoms with Gasteiger partial charge in [-0.25, -0.2) is 0 Å². The lowest BCUT2D eigenvalue weighted by atomic mass is 10.1. The van der Waals surface area contributed by atoms with Crippen molar-refractivity contribution in [3.05, 3.63) is 34.9 Å². The van der Waals surface area contributed by atoms with E-state index in [1.807, 2.05) is 25.1 Å². The minimum Gasteiger partial charge on any atom is -0.419 e. The van der Waals surface area contributed by atoms with Crippen molar-refractivity contribution in [3.8, 4) is 6.26 Å². The molecule has 1 atom stereocenters. The van der Waals surface area contributed by atoms with E-state index < -0.39 is 0 Å². The van der Waals surface area contributed by atoms with Crippen LogP contribution in [0.4, 0.5) is 0 Å². The largest absolute Gasteiger partial charge is 0.419 e. The number of nitrogens with zero attached hydrogens (tertiary/aromatic N) is 1. The minimum absolute atomic E-state index is 0.177. The average molecular weight is 196 g/mol. The van der Waals surface area contributed by atoms with E-state index in [2.05, 4.69) is 0 Å². The van der Waals surface area contributed by atoms with Crippen LogP contribution in [0.1, 0.15) is 25.0 Å². The molecule has 2 nitrogen and oxygen atoms in total. The molecule has 1 rings (SSSR count). The average Bonchev–Trinajstić information content (AvgIpc) is 2.14. The lowest BCUT2D eigenvalue weighted by Crippen LogP contribution is -1.98. The van der Waals surface area contributed by atoms with E-state index in [1.54, 1.807) is 12.3 Å². The first kappa shape index (κ1) is 9.88. The summed E-state index contributed by atoms with van der Waals surface area (Å²) in [5.41, 5.74) is 0.941. The van der Waals surface area contributed by atoms with Crippen molar-refractivity contribution in [3.63, 3.8) is 0 Å². The third-order valence-electron chi connectivity index (χ3n) is 1.79. The first-order chi connectivity index (χ1) is 6.27. The van der Waals surface area contributed by atoms with Gasteiger partial charge in [-0.15, -0.1) is 0 Å². The molecule has 0 aromatic heterocycles. The quantitative estimate of drug-likeness (QED) is 0.694. The van der Waals surface area contributed by atoms with Crippen LogP contribution < -0.4 is 0 Å². The van der Waals surface area contributed by atoms with Gasteiger partial charge in [0.05, 0.1) is 0 Å². The van der Waals surface area contributed by atoms with E-state index in [4.69, 9.17) is 21.6 Å². The zero-order chi connectivity index (χ0) is 9.68. The maximum atomic E-state index is 8.39. The highest BCUT2D eigenvalue weighted by molar-refractivity contribution is 6.30. The predicted octanol–water partition coefficient (Wildman–Crippen LogP) is 3.29. The van der Waals surface area contributed by atoms with Crippen LogP contribution in [0, 0.1) is 11.5 Å². The van der Waals surface area contributed by atoms with Crippen molar-refractivity contribution < 1.29 is 4.74 Å². The molecular formula is C10H10ClNO. The molecule has 68 valence electrons. The molecule has 0 radical (unpaired) electrons. The molecule has 0 aliphatic carbocycles. The Morgan fingerprint density at radius 2 is 2.38 bits per heavy atom. The lowest BCUT2D eigenvalue weighted by molar-refractivity contribution is 0.159. The number of hydrogen-bond acceptors (Lipinski definition) is 2. The Balaban J connectivity index is 2.86. The topological polar surface area (TPSA) is 33.0 Å². The summed E-state index contributed by atoms with van der Waals surface area (Å²) in [5, 5.41) is 9.06. The highest BCUT2D eigenvalue weighted by atomic mass is 35.5. The van der Waals surface area contributed by atoms with Crippen LogP contribution in [-0.4, -0.2) is 0 Å². The molecule has 0 unspecified atom stereocenters. The first-order valence-corrected chi connectivity index (χ1v) is 4.46. The second-order valence-electron chi connectivity index (χ2n) is 2.66. The summed E-state index contributed by atoms with van der Waals surface area (Å²) >= 11 is 5.81. The second kappa shape index (κ2) is 4.74. The van der Waals surface area contributed by atoms with Crippen LogP contribution in [0.2, 0.25) is 5.02 Å². The van der Waals surface area contributed by atoms with Crippen LogP contribution in [-0.2, 0) is 4.74 Å². The molecule has 0 bridgehead atoms. The van der Waals surface area contributed by atoms with Gasteiger partial charge in [0, 0.05) is 5.02 Å². The molecule has 0 saturated heterocycles. The SMILES string of the molecule is CC[C@@H](OC#N)c1cccc(Cl)c1. The molecule has 0 amide bonds. The first-order valence-electron chi connectivity index (χ1n) is 4.08. The third kappa shape index (κ3) is 2.64. The fraction of sp³-hybridized carbons (Fsp3) is 0.300. The molecule has 0 N–H and O–H groups in total. The van der Waals surface area contributed by atoms with Crippen molar-refractivity contribution in [2.45, 2.75) is 19.4 Å². The Labute approximate surface area is 82.7 Å². The van der Waals surface area contributed by atoms with Gasteiger partial charge in [-0.2, -0.15) is 5.26 Å². The van der Waals surface area contributed by atoms with Gasteiger partial charge in [0.1, 0.15) is 6.10 Å². The molecular weight excluding hydrogens is 186 g/mol. The number of hydrogen-bond donors (Lipinski definition) is 0. The molecule has 0 fully saturated rings. The minimum atomic E-state index is -0.177. The summed E-state index contributed by atoms with van der Waals surface area (Å²) in [5.74, 6) is 0. The fourth-order valence-electron chi connectivity index (χ4n) is 1.16. The van der Waals surface area contributed by atoms with Crippen molar-refractivity contribution in [1.29, 1.82) is 5.26 Å². The van der Waals surface area contributed by atoms with Gasteiger partial charge >= 0.3 is 0 Å². The maximum Gasteiger partial charge on any atom is 0.286 e. The monoisotopic (exact) mass is 195 g/mol. The Morgan fingerprint density at radius 1 is 1.62 bits per heavy atom. The summed E-state index contributed by atoms with van der Waals surface area (Å²) in [6.45, 7) is 1.96. The molecule has 1 aromatic carbocycles. The Morgan fingerprint density at radius 3 is 2.92 bits per heavy atom. The number of halogens is 1. The van der Waals surface area contributed by atoms with Crippen molar-refractivity contribution >= 4 is 11.6 Å². The van der Waals surface area contributed by atoms with E-state index in [0.29, 0.717) is 5.02 Å². The molecule has 0 spiro atoms. The van der Waals surface area contributed by atoms with Gasteiger partial charge in [-0.1, -0.05) is 30.7 Å². The van der Waals surface area contributed by atoms with Crippen LogP contribution in [0.3, 0.4) is 0 Å². The van der Waals surface area contributed by atoms with E-state index in [-0.39, 0.29) is 6.10 Å². The van der Waals surface area contributed by atoms with Gasteiger partial charge in [-0.3, -0.25) is 0 Å². The Kier molecular flexibility index (Phi) is 3.60. The standard InChI is InChI=1S/C10H10ClNO/c1-2-10(13-7-12)8-4-3-5-9(11)6-8/h3-6,10H,2H2,1H3/t10-/m1/s1. The van der Waals surface area contributed by atoms with Crippen molar-refractivity contribution in [2.75, 3.05) is 0 Å². The van der Waals surface area contributed by atoms with Crippen molar-refractivity contribution in [1.82, 2.24) is 0 Å². The zero-order valence-electron chi connectivity index (χ0n) is 7.33. The predicted molar refractivity (Wildman–Crippen MR) is 51.2 cm³/mol. The summed E-state index contributed by atoms with van der Waals surface area (Å²) in [4.78, 5) is 0. The number of benzene rings is 1. The van der Waals surface area contributed by atoms with Gasteiger partial charge in [0.25, 0.3) is 6.26 Å². The van der Waals surface area contributed by atoms with Crippen LogP contribution in [0.25, 0.3) is 0 Å². The Bertz CT molecular complexity index is 319. The zero-order valence-corrected chi connectivity index (χ0v) is 8.08. The third-order valence-corrected chi connectivity index (χ3v) is 2.02. The smallest absolute Gasteiger partial charge is 0.286 e. The lowest BCUT2D eigenvalue weighted by Gasteiger charge is -2.11. The molecule has 1 aromatic rings. The highest BCUT2D eigenvalue weighted by Crippen LogP contribution is 2.22. The van der Waals surface area contributed by atoms with E-state index >= 15 is 0 Å². The van der Waals surface area contributed by atoms with Gasteiger partial charge < -0.3 is 4.74 Å². The number of rotatable bonds is 3. The number of nitriles is 1. The molecule has 0 aliphatic rings. The van der Waals surface area contributed by atoms with E-state index in [9.17, 15) is 0 Å². The molecule has 0 saturated carbocycles. The fourth-order valence-corrected chi connectivity index (χ4v) is 1.36. The van der Waals surface area contributed by atoms with Crippen LogP contribution in [0.15, 0.2) is 24.3 Å². The van der Waals surface area contributed by atoms with Gasteiger partial charge in [0.2, 0.25) is 0 Å². The molecule has 3 heteroatoms. The highest BCUT2D eigenvalue weighted by Gasteiger charge is 2.09. The molecule has 13 heavy (non-hydrogen) atoms. The normalized spacial score (nSPS) is 11.8. The van der Waals surface area contributed by atoms with Crippen LogP contribution in [0.5, 0.6) is 0 Å². The number of ether oxygens (including phenoxy) is 1. The summed E-state index contributed by atoms with van der Waals surface area (Å²) in [7, 11) is 0. The van der Waals surface area contributed by atoms with Gasteiger partial charge in [-0.05, 0) is 24.1 Å². The molecule has 0 aliphatic heterocycles.